The van der Waals surface area contributed by atoms with Crippen LogP contribution < -0.4 is 0 Å². The Hall–Kier alpha value is -8.05. The second kappa shape index (κ2) is 15.4. The molecule has 9 aromatic carbocycles. The third kappa shape index (κ3) is 6.65. The fourth-order valence-corrected chi connectivity index (χ4v) is 10.2. The van der Waals surface area contributed by atoms with Gasteiger partial charge in [0.15, 0.2) is 5.82 Å². The van der Waals surface area contributed by atoms with Crippen molar-refractivity contribution < 1.29 is 0 Å². The van der Waals surface area contributed by atoms with Gasteiger partial charge in [0.25, 0.3) is 0 Å². The minimum Gasteiger partial charge on any atom is -0.246 e. The lowest BCUT2D eigenvalue weighted by Gasteiger charge is -2.14. The topological polar surface area (TPSA) is 38.7 Å². The van der Waals surface area contributed by atoms with E-state index in [4.69, 9.17) is 15.0 Å². The molecule has 4 heteroatoms. The first-order valence-electron chi connectivity index (χ1n) is 21.3. The van der Waals surface area contributed by atoms with Crippen LogP contribution >= 0.6 is 11.3 Å². The number of nitrogens with zero attached hydrogens (tertiary/aromatic N) is 3. The van der Waals surface area contributed by atoms with Crippen LogP contribution in [0.3, 0.4) is 0 Å². The zero-order chi connectivity index (χ0) is 41.7. The predicted octanol–water partition coefficient (Wildman–Crippen LogP) is 16.2. The monoisotopic (exact) mass is 819 g/mol. The van der Waals surface area contributed by atoms with Gasteiger partial charge in [-0.05, 0) is 74.5 Å². The molecule has 3 nitrogen and oxygen atoms in total. The number of rotatable bonds is 7. The van der Waals surface area contributed by atoms with E-state index in [1.807, 2.05) is 35.6 Å². The second-order valence-corrected chi connectivity index (χ2v) is 17.0. The fourth-order valence-electron chi connectivity index (χ4n) is 9.03. The van der Waals surface area contributed by atoms with Crippen molar-refractivity contribution in [2.24, 2.45) is 0 Å². The summed E-state index contributed by atoms with van der Waals surface area (Å²) in [6.07, 6.45) is 0. The van der Waals surface area contributed by atoms with E-state index in [0.717, 1.165) is 61.5 Å². The van der Waals surface area contributed by atoms with E-state index in [1.54, 1.807) is 0 Å². The molecule has 0 N–H and O–H groups in total. The molecule has 0 spiro atoms. The van der Waals surface area contributed by atoms with Crippen molar-refractivity contribution in [3.8, 4) is 78.5 Å². The van der Waals surface area contributed by atoms with E-state index < -0.39 is 0 Å². The summed E-state index contributed by atoms with van der Waals surface area (Å²) in [7, 11) is 0. The third-order valence-corrected chi connectivity index (χ3v) is 13.3. The van der Waals surface area contributed by atoms with Crippen LogP contribution in [0.5, 0.6) is 0 Å². The molecule has 63 heavy (non-hydrogen) atoms. The Morgan fingerprint density at radius 3 is 1.65 bits per heavy atom. The molecule has 0 aliphatic rings. The molecule has 0 saturated carbocycles. The summed E-state index contributed by atoms with van der Waals surface area (Å²) in [5, 5.41) is 6.12. The highest BCUT2D eigenvalue weighted by atomic mass is 32.1. The highest BCUT2D eigenvalue weighted by molar-refractivity contribution is 7.26. The molecule has 294 valence electrons. The van der Waals surface area contributed by atoms with Crippen molar-refractivity contribution in [2.45, 2.75) is 0 Å². The van der Waals surface area contributed by atoms with Crippen molar-refractivity contribution in [3.63, 3.8) is 0 Å². The van der Waals surface area contributed by atoms with Gasteiger partial charge in [-0.2, -0.15) is 0 Å². The number of aromatic nitrogens is 3. The smallest absolute Gasteiger partial charge is 0.160 e. The van der Waals surface area contributed by atoms with Gasteiger partial charge in [-0.1, -0.05) is 194 Å². The summed E-state index contributed by atoms with van der Waals surface area (Å²) in [4.78, 5) is 15.8. The van der Waals surface area contributed by atoms with Crippen molar-refractivity contribution in [2.75, 3.05) is 0 Å². The van der Waals surface area contributed by atoms with Gasteiger partial charge in [0.1, 0.15) is 0 Å². The van der Waals surface area contributed by atoms with Crippen molar-refractivity contribution in [3.05, 3.63) is 224 Å². The lowest BCUT2D eigenvalue weighted by molar-refractivity contribution is 1.18. The molecule has 3 aromatic heterocycles. The van der Waals surface area contributed by atoms with Gasteiger partial charge in [-0.25, -0.2) is 15.0 Å². The van der Waals surface area contributed by atoms with Crippen LogP contribution in [0.25, 0.3) is 120 Å². The SMILES string of the molecule is c1ccc(-c2ccc(-c3cc(-c4cccc(-c5cccc(-c6cccc7nc(-c8cccc9ccccc89)c8sc9ccccc9c8c67)c5)c4)nc(-c4ccccc4)n3)cc2)cc1. The van der Waals surface area contributed by atoms with Gasteiger partial charge in [0, 0.05) is 43.1 Å². The molecule has 12 aromatic rings. The summed E-state index contributed by atoms with van der Waals surface area (Å²) in [5.74, 6) is 0.697. The van der Waals surface area contributed by atoms with E-state index >= 15 is 0 Å². The maximum atomic E-state index is 5.51. The van der Waals surface area contributed by atoms with Crippen molar-refractivity contribution in [1.29, 1.82) is 0 Å². The highest BCUT2D eigenvalue weighted by Gasteiger charge is 2.20. The highest BCUT2D eigenvalue weighted by Crippen LogP contribution is 2.47. The van der Waals surface area contributed by atoms with E-state index in [-0.39, 0.29) is 0 Å². The van der Waals surface area contributed by atoms with Gasteiger partial charge in [0.2, 0.25) is 0 Å². The van der Waals surface area contributed by atoms with Crippen LogP contribution in [0, 0.1) is 0 Å². The minimum atomic E-state index is 0.697. The Labute approximate surface area is 369 Å². The summed E-state index contributed by atoms with van der Waals surface area (Å²) < 4.78 is 2.47. The average molecular weight is 820 g/mol. The van der Waals surface area contributed by atoms with Crippen LogP contribution in [0.2, 0.25) is 0 Å². The Morgan fingerprint density at radius 2 is 0.857 bits per heavy atom. The summed E-state index contributed by atoms with van der Waals surface area (Å²) >= 11 is 1.84. The molecule has 0 fully saturated rings. The molecule has 0 saturated heterocycles. The molecule has 12 rings (SSSR count). The van der Waals surface area contributed by atoms with Crippen LogP contribution in [0.4, 0.5) is 0 Å². The molecular weight excluding hydrogens is 783 g/mol. The van der Waals surface area contributed by atoms with Crippen LogP contribution in [0.15, 0.2) is 224 Å². The van der Waals surface area contributed by atoms with Crippen LogP contribution in [-0.4, -0.2) is 15.0 Å². The standard InChI is InChI=1S/C59H37N3S/c1-3-15-38(16-4-1)39-31-33-41(34-32-39)52-37-53(62-59(61-52)42-18-5-2-6-19-42)46-24-12-22-44(36-46)43-21-11-23-45(35-43)48-27-14-29-51-55(48)56-50-26-9-10-30-54(50)63-58(56)57(60-51)49-28-13-20-40-17-7-8-25-47(40)49/h1-37H. The zero-order valence-corrected chi connectivity index (χ0v) is 34.9. The van der Waals surface area contributed by atoms with Gasteiger partial charge < -0.3 is 0 Å². The largest absolute Gasteiger partial charge is 0.246 e. The van der Waals surface area contributed by atoms with Crippen LogP contribution in [-0.2, 0) is 0 Å². The molecule has 0 atom stereocenters. The number of fused-ring (bicyclic) bond motifs is 6. The lowest BCUT2D eigenvalue weighted by Crippen LogP contribution is -1.96. The number of thiophene rings is 1. The number of benzene rings is 9. The molecule has 0 radical (unpaired) electrons. The maximum Gasteiger partial charge on any atom is 0.160 e. The number of hydrogen-bond donors (Lipinski definition) is 0. The second-order valence-electron chi connectivity index (χ2n) is 15.9. The predicted molar refractivity (Wildman–Crippen MR) is 266 cm³/mol. The normalized spacial score (nSPS) is 11.5. The van der Waals surface area contributed by atoms with Crippen molar-refractivity contribution in [1.82, 2.24) is 15.0 Å². The Bertz CT molecular complexity index is 3660. The maximum absolute atomic E-state index is 5.51. The lowest BCUT2D eigenvalue weighted by atomic mass is 9.92. The average Bonchev–Trinajstić information content (AvgIpc) is 3.76. The van der Waals surface area contributed by atoms with Crippen LogP contribution in [0.1, 0.15) is 0 Å². The number of pyridine rings is 1. The third-order valence-electron chi connectivity index (χ3n) is 12.1. The number of hydrogen-bond acceptors (Lipinski definition) is 4. The first kappa shape index (κ1) is 36.8. The summed E-state index contributed by atoms with van der Waals surface area (Å²) in [6, 6.07) is 79.7. The zero-order valence-electron chi connectivity index (χ0n) is 34.1. The molecule has 3 heterocycles. The fraction of sp³-hybridized carbons (Fsp3) is 0. The molecule has 0 unspecified atom stereocenters. The van der Waals surface area contributed by atoms with E-state index in [2.05, 4.69) is 200 Å². The van der Waals surface area contributed by atoms with Gasteiger partial charge >= 0.3 is 0 Å². The summed E-state index contributed by atoms with van der Waals surface area (Å²) in [6.45, 7) is 0. The van der Waals surface area contributed by atoms with Gasteiger partial charge in [-0.3, -0.25) is 0 Å². The first-order valence-corrected chi connectivity index (χ1v) is 22.1. The molecule has 0 aliphatic carbocycles. The van der Waals surface area contributed by atoms with E-state index in [1.165, 1.54) is 53.0 Å². The Kier molecular flexibility index (Phi) is 9.02. The molecule has 0 aliphatic heterocycles. The van der Waals surface area contributed by atoms with Gasteiger partial charge in [-0.15, -0.1) is 11.3 Å². The minimum absolute atomic E-state index is 0.697. The first-order chi connectivity index (χ1) is 31.2. The molecular formula is C59H37N3S. The van der Waals surface area contributed by atoms with Crippen molar-refractivity contribution >= 4 is 53.2 Å². The molecule has 0 amide bonds. The Balaban J connectivity index is 0.974. The van der Waals surface area contributed by atoms with E-state index in [9.17, 15) is 0 Å². The summed E-state index contributed by atoms with van der Waals surface area (Å²) in [5.41, 5.74) is 14.9. The Morgan fingerprint density at radius 1 is 0.317 bits per heavy atom. The van der Waals surface area contributed by atoms with Gasteiger partial charge in [0.05, 0.1) is 27.3 Å². The van der Waals surface area contributed by atoms with E-state index in [0.29, 0.717) is 5.82 Å². The quantitative estimate of drug-likeness (QED) is 0.161. The molecule has 0 bridgehead atoms.